The molecule has 8 nitrogen and oxygen atoms in total. The molecule has 9 heteroatoms. The minimum atomic E-state index is -0.137. The number of piperazine rings is 1. The van der Waals surface area contributed by atoms with Gasteiger partial charge in [0.25, 0.3) is 11.5 Å². The molecule has 0 atom stereocenters. The van der Waals surface area contributed by atoms with E-state index in [9.17, 15) is 14.9 Å². The molecule has 1 fully saturated rings. The highest BCUT2D eigenvalue weighted by atomic mass is 32.1. The van der Waals surface area contributed by atoms with E-state index in [1.165, 1.54) is 22.2 Å². The number of aryl methyl sites for hydroxylation is 2. The van der Waals surface area contributed by atoms with Crippen LogP contribution in [0.1, 0.15) is 20.8 Å². The average molecular weight is 394 g/mol. The fraction of sp³-hybridized carbons (Fsp3) is 0.316. The van der Waals surface area contributed by atoms with E-state index < -0.39 is 0 Å². The van der Waals surface area contributed by atoms with Gasteiger partial charge in [-0.1, -0.05) is 0 Å². The van der Waals surface area contributed by atoms with Crippen LogP contribution in [0.3, 0.4) is 0 Å². The van der Waals surface area contributed by atoms with Gasteiger partial charge in [0.2, 0.25) is 0 Å². The quantitative estimate of drug-likeness (QED) is 0.654. The Bertz CT molecular complexity index is 1170. The summed E-state index contributed by atoms with van der Waals surface area (Å²) < 4.78 is 1.43. The van der Waals surface area contributed by atoms with E-state index in [1.807, 2.05) is 4.90 Å². The minimum Gasteiger partial charge on any atom is -0.352 e. The van der Waals surface area contributed by atoms with Crippen LogP contribution in [0.25, 0.3) is 10.2 Å². The standard InChI is InChI=1S/C19H18N6O2S/c1-12-14-17(22-11-23(2)18(14)26)28-15(12)19(27)25-8-6-24(7-9-25)16-13(10-20)4-3-5-21-16/h3-5,11H,6-9H2,1-2H3. The van der Waals surface area contributed by atoms with Gasteiger partial charge in [0, 0.05) is 39.4 Å². The van der Waals surface area contributed by atoms with Crippen LogP contribution < -0.4 is 10.5 Å². The molecule has 0 unspecified atom stereocenters. The first-order valence-corrected chi connectivity index (χ1v) is 9.67. The largest absolute Gasteiger partial charge is 0.352 e. The first-order valence-electron chi connectivity index (χ1n) is 8.85. The van der Waals surface area contributed by atoms with Crippen LogP contribution in [0, 0.1) is 18.3 Å². The molecule has 0 aromatic carbocycles. The number of aromatic nitrogens is 3. The summed E-state index contributed by atoms with van der Waals surface area (Å²) in [7, 11) is 1.65. The lowest BCUT2D eigenvalue weighted by atomic mass is 10.2. The van der Waals surface area contributed by atoms with Gasteiger partial charge < -0.3 is 14.4 Å². The first-order chi connectivity index (χ1) is 13.5. The Kier molecular flexibility index (Phi) is 4.57. The molecular weight excluding hydrogens is 376 g/mol. The molecule has 1 aliphatic rings. The maximum absolute atomic E-state index is 13.1. The van der Waals surface area contributed by atoms with Crippen molar-refractivity contribution in [3.05, 3.63) is 51.0 Å². The lowest BCUT2D eigenvalue weighted by Gasteiger charge is -2.35. The number of hydrogen-bond acceptors (Lipinski definition) is 7. The summed E-state index contributed by atoms with van der Waals surface area (Å²) in [6.07, 6.45) is 3.15. The fourth-order valence-corrected chi connectivity index (χ4v) is 4.52. The Morgan fingerprint density at radius 1 is 1.25 bits per heavy atom. The maximum atomic E-state index is 13.1. The molecule has 4 rings (SSSR count). The van der Waals surface area contributed by atoms with E-state index in [2.05, 4.69) is 16.0 Å². The molecule has 0 N–H and O–H groups in total. The summed E-state index contributed by atoms with van der Waals surface area (Å²) in [5, 5.41) is 9.78. The van der Waals surface area contributed by atoms with Gasteiger partial charge in [0.1, 0.15) is 16.7 Å². The zero-order valence-corrected chi connectivity index (χ0v) is 16.4. The smallest absolute Gasteiger partial charge is 0.264 e. The molecule has 0 saturated carbocycles. The number of rotatable bonds is 2. The second-order valence-corrected chi connectivity index (χ2v) is 7.66. The molecule has 3 aromatic heterocycles. The highest BCUT2D eigenvalue weighted by molar-refractivity contribution is 7.20. The number of carbonyl (C=O) groups excluding carboxylic acids is 1. The van der Waals surface area contributed by atoms with Crippen molar-refractivity contribution in [3.8, 4) is 6.07 Å². The van der Waals surface area contributed by atoms with E-state index in [1.54, 1.807) is 37.2 Å². The summed E-state index contributed by atoms with van der Waals surface area (Å²) >= 11 is 1.27. The lowest BCUT2D eigenvalue weighted by molar-refractivity contribution is 0.0751. The zero-order valence-electron chi connectivity index (χ0n) is 15.5. The van der Waals surface area contributed by atoms with Crippen LogP contribution in [0.5, 0.6) is 0 Å². The summed E-state index contributed by atoms with van der Waals surface area (Å²) in [5.74, 6) is 0.576. The number of hydrogen-bond donors (Lipinski definition) is 0. The highest BCUT2D eigenvalue weighted by Crippen LogP contribution is 2.28. The summed E-state index contributed by atoms with van der Waals surface area (Å²) in [5.41, 5.74) is 1.09. The van der Waals surface area contributed by atoms with Crippen LogP contribution in [0.4, 0.5) is 5.82 Å². The molecule has 0 radical (unpaired) electrons. The van der Waals surface area contributed by atoms with Crippen LogP contribution in [0.15, 0.2) is 29.5 Å². The molecule has 0 aliphatic carbocycles. The topological polar surface area (TPSA) is 95.1 Å². The molecule has 1 amide bonds. The Hall–Kier alpha value is -3.25. The van der Waals surface area contributed by atoms with Crippen LogP contribution in [-0.2, 0) is 7.05 Å². The van der Waals surface area contributed by atoms with Crippen molar-refractivity contribution in [2.24, 2.45) is 7.05 Å². The third-order valence-corrected chi connectivity index (χ3v) is 6.17. The van der Waals surface area contributed by atoms with E-state index >= 15 is 0 Å². The van der Waals surface area contributed by atoms with Crippen LogP contribution in [0.2, 0.25) is 0 Å². The third kappa shape index (κ3) is 2.92. The van der Waals surface area contributed by atoms with Gasteiger partial charge >= 0.3 is 0 Å². The highest BCUT2D eigenvalue weighted by Gasteiger charge is 2.27. The van der Waals surface area contributed by atoms with Crippen molar-refractivity contribution < 1.29 is 4.79 Å². The number of pyridine rings is 1. The molecule has 3 aromatic rings. The van der Waals surface area contributed by atoms with Gasteiger partial charge in [-0.3, -0.25) is 9.59 Å². The fourth-order valence-electron chi connectivity index (χ4n) is 3.41. The van der Waals surface area contributed by atoms with Crippen LogP contribution in [-0.4, -0.2) is 51.5 Å². The number of carbonyl (C=O) groups is 1. The van der Waals surface area contributed by atoms with Gasteiger partial charge in [0.15, 0.2) is 0 Å². The molecular formula is C19H18N6O2S. The van der Waals surface area contributed by atoms with E-state index in [0.29, 0.717) is 58.2 Å². The molecule has 28 heavy (non-hydrogen) atoms. The number of fused-ring (bicyclic) bond motifs is 1. The number of nitriles is 1. The minimum absolute atomic E-state index is 0.0799. The van der Waals surface area contributed by atoms with Crippen LogP contribution >= 0.6 is 11.3 Å². The van der Waals surface area contributed by atoms with E-state index in [-0.39, 0.29) is 11.5 Å². The normalized spacial score (nSPS) is 14.3. The van der Waals surface area contributed by atoms with Crippen molar-refractivity contribution in [2.75, 3.05) is 31.1 Å². The number of amides is 1. The Morgan fingerprint density at radius 3 is 2.71 bits per heavy atom. The molecule has 4 heterocycles. The molecule has 1 aliphatic heterocycles. The number of nitrogens with zero attached hydrogens (tertiary/aromatic N) is 6. The predicted molar refractivity (Wildman–Crippen MR) is 107 cm³/mol. The van der Waals surface area contributed by atoms with Crippen molar-refractivity contribution in [1.29, 1.82) is 5.26 Å². The second-order valence-electron chi connectivity index (χ2n) is 6.66. The molecule has 0 spiro atoms. The van der Waals surface area contributed by atoms with Gasteiger partial charge in [0.05, 0.1) is 22.2 Å². The van der Waals surface area contributed by atoms with Gasteiger partial charge in [-0.25, -0.2) is 9.97 Å². The van der Waals surface area contributed by atoms with Gasteiger partial charge in [-0.15, -0.1) is 11.3 Å². The van der Waals surface area contributed by atoms with Gasteiger partial charge in [-0.2, -0.15) is 5.26 Å². The molecule has 1 saturated heterocycles. The molecule has 142 valence electrons. The van der Waals surface area contributed by atoms with Crippen molar-refractivity contribution in [3.63, 3.8) is 0 Å². The SMILES string of the molecule is Cc1c(C(=O)N2CCN(c3ncccc3C#N)CC2)sc2ncn(C)c(=O)c12. The Balaban J connectivity index is 1.56. The number of thiophene rings is 1. The summed E-state index contributed by atoms with van der Waals surface area (Å²) in [6.45, 7) is 4.06. The monoisotopic (exact) mass is 394 g/mol. The third-order valence-electron chi connectivity index (χ3n) is 4.98. The van der Waals surface area contributed by atoms with E-state index in [0.717, 1.165) is 0 Å². The van der Waals surface area contributed by atoms with Crippen molar-refractivity contribution in [2.45, 2.75) is 6.92 Å². The Labute approximate surface area is 165 Å². The number of anilines is 1. The van der Waals surface area contributed by atoms with Gasteiger partial charge in [-0.05, 0) is 24.6 Å². The maximum Gasteiger partial charge on any atom is 0.264 e. The summed E-state index contributed by atoms with van der Waals surface area (Å²) in [6, 6.07) is 5.65. The second kappa shape index (κ2) is 7.05. The van der Waals surface area contributed by atoms with Crippen molar-refractivity contribution >= 4 is 33.3 Å². The van der Waals surface area contributed by atoms with E-state index in [4.69, 9.17) is 0 Å². The predicted octanol–water partition coefficient (Wildman–Crippen LogP) is 1.53. The summed E-state index contributed by atoms with van der Waals surface area (Å²) in [4.78, 5) is 39.0. The average Bonchev–Trinajstić information content (AvgIpc) is 3.07. The Morgan fingerprint density at radius 2 is 2.00 bits per heavy atom. The van der Waals surface area contributed by atoms with Crippen molar-refractivity contribution in [1.82, 2.24) is 19.4 Å². The zero-order chi connectivity index (χ0) is 19.8. The first kappa shape index (κ1) is 18.1. The lowest BCUT2D eigenvalue weighted by Crippen LogP contribution is -2.49. The molecule has 0 bridgehead atoms.